The molecule has 0 saturated heterocycles. The maximum atomic E-state index is 13.5. The molecule has 0 aliphatic carbocycles. The number of rotatable bonds is 1. The minimum absolute atomic E-state index is 0.263. The van der Waals surface area contributed by atoms with Crippen LogP contribution in [0.25, 0.3) is 10.1 Å². The van der Waals surface area contributed by atoms with Crippen molar-refractivity contribution in [2.75, 3.05) is 0 Å². The number of halogens is 1. The van der Waals surface area contributed by atoms with Crippen molar-refractivity contribution < 1.29 is 9.50 Å². The van der Waals surface area contributed by atoms with Crippen LogP contribution in [-0.2, 0) is 5.60 Å². The highest BCUT2D eigenvalue weighted by Gasteiger charge is 2.22. The van der Waals surface area contributed by atoms with Gasteiger partial charge in [-0.25, -0.2) is 4.39 Å². The van der Waals surface area contributed by atoms with Crippen LogP contribution in [0.5, 0.6) is 0 Å². The molecule has 2 aromatic rings. The molecular formula is C11H11FOS. The largest absolute Gasteiger partial charge is 0.386 e. The van der Waals surface area contributed by atoms with E-state index in [9.17, 15) is 9.50 Å². The van der Waals surface area contributed by atoms with Gasteiger partial charge in [-0.15, -0.1) is 11.3 Å². The van der Waals surface area contributed by atoms with Gasteiger partial charge in [-0.05, 0) is 31.4 Å². The van der Waals surface area contributed by atoms with Crippen LogP contribution < -0.4 is 0 Å². The second-order valence-electron chi connectivity index (χ2n) is 3.82. The van der Waals surface area contributed by atoms with Crippen molar-refractivity contribution >= 4 is 21.4 Å². The Morgan fingerprint density at radius 1 is 1.36 bits per heavy atom. The predicted molar refractivity (Wildman–Crippen MR) is 57.0 cm³/mol. The molecule has 1 aromatic carbocycles. The molecule has 2 rings (SSSR count). The fraction of sp³-hybridized carbons (Fsp3) is 0.273. The first-order valence-corrected chi connectivity index (χ1v) is 5.26. The molecule has 1 heterocycles. The summed E-state index contributed by atoms with van der Waals surface area (Å²) >= 11 is 1.45. The highest BCUT2D eigenvalue weighted by Crippen LogP contribution is 2.34. The average Bonchev–Trinajstić information content (AvgIpc) is 2.47. The maximum Gasteiger partial charge on any atom is 0.132 e. The molecule has 0 fully saturated rings. The van der Waals surface area contributed by atoms with Gasteiger partial charge < -0.3 is 5.11 Å². The summed E-state index contributed by atoms with van der Waals surface area (Å²) in [6.07, 6.45) is 0. The molecule has 0 atom stereocenters. The molecule has 0 amide bonds. The second kappa shape index (κ2) is 3.04. The lowest BCUT2D eigenvalue weighted by atomic mass is 9.98. The Bertz CT molecular complexity index is 468. The Morgan fingerprint density at radius 3 is 2.71 bits per heavy atom. The third kappa shape index (κ3) is 1.42. The van der Waals surface area contributed by atoms with Gasteiger partial charge >= 0.3 is 0 Å². The van der Waals surface area contributed by atoms with E-state index in [-0.39, 0.29) is 5.82 Å². The number of thiophene rings is 1. The van der Waals surface area contributed by atoms with E-state index < -0.39 is 5.60 Å². The molecule has 1 N–H and O–H groups in total. The van der Waals surface area contributed by atoms with Crippen molar-refractivity contribution in [3.63, 3.8) is 0 Å². The lowest BCUT2D eigenvalue weighted by molar-refractivity contribution is 0.0804. The zero-order valence-corrected chi connectivity index (χ0v) is 8.86. The summed E-state index contributed by atoms with van der Waals surface area (Å²) in [4.78, 5) is 0. The topological polar surface area (TPSA) is 20.2 Å². The lowest BCUT2D eigenvalue weighted by Gasteiger charge is -2.16. The van der Waals surface area contributed by atoms with Crippen molar-refractivity contribution in [1.82, 2.24) is 0 Å². The molecule has 0 spiro atoms. The number of fused-ring (bicyclic) bond motifs is 1. The van der Waals surface area contributed by atoms with E-state index in [2.05, 4.69) is 0 Å². The summed E-state index contributed by atoms with van der Waals surface area (Å²) in [7, 11) is 0. The Labute approximate surface area is 85.8 Å². The summed E-state index contributed by atoms with van der Waals surface area (Å²) < 4.78 is 14.4. The van der Waals surface area contributed by atoms with E-state index in [4.69, 9.17) is 0 Å². The van der Waals surface area contributed by atoms with E-state index in [0.717, 1.165) is 4.70 Å². The third-order valence-corrected chi connectivity index (χ3v) is 3.16. The molecule has 0 aliphatic heterocycles. The van der Waals surface area contributed by atoms with Crippen LogP contribution in [0.1, 0.15) is 19.4 Å². The summed E-state index contributed by atoms with van der Waals surface area (Å²) in [5, 5.41) is 12.2. The summed E-state index contributed by atoms with van der Waals surface area (Å²) in [5.74, 6) is -0.263. The summed E-state index contributed by atoms with van der Waals surface area (Å²) in [6.45, 7) is 3.34. The number of hydrogen-bond acceptors (Lipinski definition) is 2. The van der Waals surface area contributed by atoms with Gasteiger partial charge in [-0.1, -0.05) is 6.07 Å². The van der Waals surface area contributed by atoms with Crippen LogP contribution in [0, 0.1) is 5.82 Å². The van der Waals surface area contributed by atoms with Gasteiger partial charge in [0.05, 0.1) is 5.60 Å². The highest BCUT2D eigenvalue weighted by atomic mass is 32.1. The summed E-state index contributed by atoms with van der Waals surface area (Å²) in [5.41, 5.74) is -0.323. The van der Waals surface area contributed by atoms with E-state index in [1.54, 1.807) is 19.9 Å². The van der Waals surface area contributed by atoms with Gasteiger partial charge in [0.25, 0.3) is 0 Å². The first kappa shape index (κ1) is 9.62. The Morgan fingerprint density at radius 2 is 2.07 bits per heavy atom. The third-order valence-electron chi connectivity index (χ3n) is 2.21. The quantitative estimate of drug-likeness (QED) is 0.766. The maximum absolute atomic E-state index is 13.5. The van der Waals surface area contributed by atoms with Gasteiger partial charge in [-0.2, -0.15) is 0 Å². The Hall–Kier alpha value is -0.930. The zero-order chi connectivity index (χ0) is 10.3. The molecule has 74 valence electrons. The normalized spacial score (nSPS) is 12.3. The smallest absolute Gasteiger partial charge is 0.132 e. The van der Waals surface area contributed by atoms with Gasteiger partial charge in [0.15, 0.2) is 0 Å². The molecule has 14 heavy (non-hydrogen) atoms. The van der Waals surface area contributed by atoms with Crippen LogP contribution in [-0.4, -0.2) is 5.11 Å². The SMILES string of the molecule is CC(C)(O)c1csc2cccc(F)c12. The highest BCUT2D eigenvalue weighted by molar-refractivity contribution is 7.17. The molecule has 1 aromatic heterocycles. The van der Waals surface area contributed by atoms with E-state index in [0.29, 0.717) is 10.9 Å². The Kier molecular flexibility index (Phi) is 2.09. The molecule has 0 radical (unpaired) electrons. The van der Waals surface area contributed by atoms with Gasteiger partial charge in [0.2, 0.25) is 0 Å². The number of aliphatic hydroxyl groups is 1. The summed E-state index contributed by atoms with van der Waals surface area (Å²) in [6, 6.07) is 4.96. The van der Waals surface area contributed by atoms with E-state index in [1.165, 1.54) is 17.4 Å². The molecule has 3 heteroatoms. The molecule has 0 saturated carbocycles. The van der Waals surface area contributed by atoms with Crippen LogP contribution in [0.2, 0.25) is 0 Å². The predicted octanol–water partition coefficient (Wildman–Crippen LogP) is 3.27. The van der Waals surface area contributed by atoms with Crippen molar-refractivity contribution in [3.8, 4) is 0 Å². The van der Waals surface area contributed by atoms with Crippen molar-refractivity contribution in [1.29, 1.82) is 0 Å². The number of hydrogen-bond donors (Lipinski definition) is 1. The average molecular weight is 210 g/mol. The molecular weight excluding hydrogens is 199 g/mol. The van der Waals surface area contributed by atoms with Crippen molar-refractivity contribution in [3.05, 3.63) is 35.0 Å². The molecule has 0 bridgehead atoms. The number of benzene rings is 1. The van der Waals surface area contributed by atoms with Crippen LogP contribution in [0.15, 0.2) is 23.6 Å². The van der Waals surface area contributed by atoms with Crippen molar-refractivity contribution in [2.45, 2.75) is 19.4 Å². The van der Waals surface area contributed by atoms with E-state index in [1.807, 2.05) is 11.4 Å². The lowest BCUT2D eigenvalue weighted by Crippen LogP contribution is -2.14. The molecule has 1 nitrogen and oxygen atoms in total. The Balaban J connectivity index is 2.80. The van der Waals surface area contributed by atoms with Crippen LogP contribution >= 0.6 is 11.3 Å². The van der Waals surface area contributed by atoms with Crippen LogP contribution in [0.4, 0.5) is 4.39 Å². The first-order chi connectivity index (χ1) is 6.50. The van der Waals surface area contributed by atoms with Crippen molar-refractivity contribution in [2.24, 2.45) is 0 Å². The molecule has 0 aliphatic rings. The second-order valence-corrected chi connectivity index (χ2v) is 4.73. The van der Waals surface area contributed by atoms with E-state index >= 15 is 0 Å². The van der Waals surface area contributed by atoms with Gasteiger partial charge in [0.1, 0.15) is 5.82 Å². The monoisotopic (exact) mass is 210 g/mol. The zero-order valence-electron chi connectivity index (χ0n) is 8.04. The van der Waals surface area contributed by atoms with Gasteiger partial charge in [-0.3, -0.25) is 0 Å². The van der Waals surface area contributed by atoms with Gasteiger partial charge in [0, 0.05) is 15.6 Å². The standard InChI is InChI=1S/C11H11FOS/c1-11(2,13)7-6-14-9-5-3-4-8(12)10(7)9/h3-6,13H,1-2H3. The van der Waals surface area contributed by atoms with Crippen LogP contribution in [0.3, 0.4) is 0 Å². The first-order valence-electron chi connectivity index (χ1n) is 4.39. The fourth-order valence-corrected chi connectivity index (χ4v) is 2.63. The fourth-order valence-electron chi connectivity index (χ4n) is 1.50. The minimum Gasteiger partial charge on any atom is -0.386 e. The molecule has 0 unspecified atom stereocenters. The minimum atomic E-state index is -0.986.